The van der Waals surface area contributed by atoms with Gasteiger partial charge in [0.25, 0.3) is 0 Å². The molecule has 0 fully saturated rings. The molecule has 0 aromatic carbocycles. The van der Waals surface area contributed by atoms with Gasteiger partial charge in [-0.25, -0.2) is 0 Å². The summed E-state index contributed by atoms with van der Waals surface area (Å²) in [6, 6.07) is 0. The van der Waals surface area contributed by atoms with Crippen molar-refractivity contribution in [1.82, 2.24) is 0 Å². The first kappa shape index (κ1) is 12.9. The molecule has 0 bridgehead atoms. The van der Waals surface area contributed by atoms with Crippen molar-refractivity contribution < 1.29 is 0 Å². The molecule has 0 aromatic rings. The molecule has 14 heavy (non-hydrogen) atoms. The highest BCUT2D eigenvalue weighted by atomic mass is 14.7. The van der Waals surface area contributed by atoms with E-state index in [0.717, 1.165) is 12.8 Å². The summed E-state index contributed by atoms with van der Waals surface area (Å²) in [6.45, 7) is 10.7. The van der Waals surface area contributed by atoms with Crippen LogP contribution in [0.25, 0.3) is 0 Å². The van der Waals surface area contributed by atoms with Gasteiger partial charge < -0.3 is 0 Å². The Kier molecular flexibility index (Phi) is 7.81. The van der Waals surface area contributed by atoms with Gasteiger partial charge >= 0.3 is 0 Å². The zero-order chi connectivity index (χ0) is 10.8. The van der Waals surface area contributed by atoms with Gasteiger partial charge in [0.1, 0.15) is 0 Å². The summed E-state index contributed by atoms with van der Waals surface area (Å²) in [5, 5.41) is 0. The minimum Gasteiger partial charge on any atom is -0.289 e. The standard InChI is InChI=1S/C13H21N/c1-5-10-14-11-9-13(4)8-6-7-12(2)3/h5,7,9,11H,1,6,8,10H2,2-4H3/b13-9+,14-11?. The lowest BCUT2D eigenvalue weighted by atomic mass is 10.1. The Bertz CT molecular complexity index is 240. The van der Waals surface area contributed by atoms with E-state index in [-0.39, 0.29) is 0 Å². The highest BCUT2D eigenvalue weighted by Gasteiger charge is 1.86. The van der Waals surface area contributed by atoms with E-state index in [1.807, 2.05) is 6.21 Å². The number of rotatable bonds is 6. The van der Waals surface area contributed by atoms with Gasteiger partial charge in [-0.1, -0.05) is 23.3 Å². The fourth-order valence-corrected chi connectivity index (χ4v) is 0.987. The minimum atomic E-state index is 0.706. The van der Waals surface area contributed by atoms with Crippen LogP contribution < -0.4 is 0 Å². The fraction of sp³-hybridized carbons (Fsp3) is 0.462. The Morgan fingerprint density at radius 3 is 2.57 bits per heavy atom. The van der Waals surface area contributed by atoms with Gasteiger partial charge in [-0.2, -0.15) is 0 Å². The average Bonchev–Trinajstić information content (AvgIpc) is 2.12. The van der Waals surface area contributed by atoms with Crippen LogP contribution in [0.1, 0.15) is 33.6 Å². The molecule has 78 valence electrons. The second kappa shape index (κ2) is 8.49. The minimum absolute atomic E-state index is 0.706. The normalized spacial score (nSPS) is 11.8. The molecular formula is C13H21N. The molecule has 0 aromatic heterocycles. The monoisotopic (exact) mass is 191 g/mol. The Morgan fingerprint density at radius 2 is 2.00 bits per heavy atom. The molecule has 0 rings (SSSR count). The Morgan fingerprint density at radius 1 is 1.29 bits per heavy atom. The van der Waals surface area contributed by atoms with Gasteiger partial charge in [0, 0.05) is 6.21 Å². The second-order valence-corrected chi connectivity index (χ2v) is 3.64. The highest BCUT2D eigenvalue weighted by Crippen LogP contribution is 2.05. The van der Waals surface area contributed by atoms with Crippen molar-refractivity contribution in [2.24, 2.45) is 4.99 Å². The van der Waals surface area contributed by atoms with Crippen LogP contribution in [0.5, 0.6) is 0 Å². The molecule has 1 heteroatoms. The van der Waals surface area contributed by atoms with Crippen LogP contribution in [-0.2, 0) is 0 Å². The van der Waals surface area contributed by atoms with Gasteiger partial charge in [0.2, 0.25) is 0 Å². The third-order valence-corrected chi connectivity index (χ3v) is 1.79. The van der Waals surface area contributed by atoms with Crippen molar-refractivity contribution in [2.45, 2.75) is 33.6 Å². The molecule has 0 unspecified atom stereocenters. The molecule has 0 N–H and O–H groups in total. The zero-order valence-electron chi connectivity index (χ0n) is 9.59. The summed E-state index contributed by atoms with van der Waals surface area (Å²) in [7, 11) is 0. The number of hydrogen-bond acceptors (Lipinski definition) is 1. The van der Waals surface area contributed by atoms with E-state index < -0.39 is 0 Å². The fourth-order valence-electron chi connectivity index (χ4n) is 0.987. The predicted octanol–water partition coefficient (Wildman–Crippen LogP) is 3.94. The third kappa shape index (κ3) is 8.98. The molecule has 0 atom stereocenters. The van der Waals surface area contributed by atoms with Crippen molar-refractivity contribution in [2.75, 3.05) is 6.54 Å². The van der Waals surface area contributed by atoms with E-state index in [1.54, 1.807) is 6.08 Å². The quantitative estimate of drug-likeness (QED) is 0.445. The maximum Gasteiger partial charge on any atom is 0.0567 e. The lowest BCUT2D eigenvalue weighted by Gasteiger charge is -1.96. The second-order valence-electron chi connectivity index (χ2n) is 3.64. The van der Waals surface area contributed by atoms with Crippen LogP contribution in [0.15, 0.2) is 40.9 Å². The first-order valence-electron chi connectivity index (χ1n) is 5.06. The number of hydrogen-bond donors (Lipinski definition) is 0. The lowest BCUT2D eigenvalue weighted by Crippen LogP contribution is -1.79. The van der Waals surface area contributed by atoms with Crippen molar-refractivity contribution in [3.05, 3.63) is 36.0 Å². The molecule has 0 saturated carbocycles. The van der Waals surface area contributed by atoms with Gasteiger partial charge in [0.15, 0.2) is 0 Å². The maximum atomic E-state index is 4.14. The summed E-state index contributed by atoms with van der Waals surface area (Å²) >= 11 is 0. The Labute approximate surface area is 87.9 Å². The molecule has 0 heterocycles. The first-order chi connectivity index (χ1) is 6.66. The van der Waals surface area contributed by atoms with Crippen molar-refractivity contribution in [1.29, 1.82) is 0 Å². The van der Waals surface area contributed by atoms with Gasteiger partial charge in [-0.3, -0.25) is 4.99 Å². The van der Waals surface area contributed by atoms with Crippen LogP contribution >= 0.6 is 0 Å². The first-order valence-corrected chi connectivity index (χ1v) is 5.06. The third-order valence-electron chi connectivity index (χ3n) is 1.79. The van der Waals surface area contributed by atoms with E-state index in [1.165, 1.54) is 11.1 Å². The van der Waals surface area contributed by atoms with Crippen LogP contribution in [-0.4, -0.2) is 12.8 Å². The molecule has 0 aliphatic rings. The number of aliphatic imine (C=N–C) groups is 1. The van der Waals surface area contributed by atoms with Gasteiger partial charge in [-0.05, 0) is 39.7 Å². The molecule has 0 aliphatic carbocycles. The van der Waals surface area contributed by atoms with E-state index in [9.17, 15) is 0 Å². The SMILES string of the molecule is C=CCN=C/C=C(\C)CCC=C(C)C. The molecule has 1 nitrogen and oxygen atoms in total. The molecule has 0 amide bonds. The van der Waals surface area contributed by atoms with E-state index in [2.05, 4.69) is 44.5 Å². The largest absolute Gasteiger partial charge is 0.289 e. The molecular weight excluding hydrogens is 170 g/mol. The predicted molar refractivity (Wildman–Crippen MR) is 66.0 cm³/mol. The summed E-state index contributed by atoms with van der Waals surface area (Å²) < 4.78 is 0. The van der Waals surface area contributed by atoms with Crippen LogP contribution in [0, 0.1) is 0 Å². The summed E-state index contributed by atoms with van der Waals surface area (Å²) in [4.78, 5) is 4.14. The Hall–Kier alpha value is -1.11. The molecule has 0 spiro atoms. The van der Waals surface area contributed by atoms with Gasteiger partial charge in [-0.15, -0.1) is 6.58 Å². The lowest BCUT2D eigenvalue weighted by molar-refractivity contribution is 0.969. The maximum absolute atomic E-state index is 4.14. The summed E-state index contributed by atoms with van der Waals surface area (Å²) in [6.07, 6.45) is 10.2. The van der Waals surface area contributed by atoms with Crippen molar-refractivity contribution in [3.8, 4) is 0 Å². The van der Waals surface area contributed by atoms with E-state index in [0.29, 0.717) is 6.54 Å². The summed E-state index contributed by atoms with van der Waals surface area (Å²) in [5.41, 5.74) is 2.76. The number of allylic oxidation sites excluding steroid dienone is 4. The summed E-state index contributed by atoms with van der Waals surface area (Å²) in [5.74, 6) is 0. The highest BCUT2D eigenvalue weighted by molar-refractivity contribution is 5.72. The molecule has 0 radical (unpaired) electrons. The van der Waals surface area contributed by atoms with Crippen LogP contribution in [0.2, 0.25) is 0 Å². The Balaban J connectivity index is 3.77. The van der Waals surface area contributed by atoms with Crippen molar-refractivity contribution in [3.63, 3.8) is 0 Å². The van der Waals surface area contributed by atoms with Crippen LogP contribution in [0.3, 0.4) is 0 Å². The average molecular weight is 191 g/mol. The van der Waals surface area contributed by atoms with E-state index in [4.69, 9.17) is 0 Å². The zero-order valence-corrected chi connectivity index (χ0v) is 9.59. The molecule has 0 aliphatic heterocycles. The smallest absolute Gasteiger partial charge is 0.0567 e. The topological polar surface area (TPSA) is 12.4 Å². The van der Waals surface area contributed by atoms with Crippen molar-refractivity contribution >= 4 is 6.21 Å². The van der Waals surface area contributed by atoms with Crippen LogP contribution in [0.4, 0.5) is 0 Å². The number of nitrogens with zero attached hydrogens (tertiary/aromatic N) is 1. The van der Waals surface area contributed by atoms with E-state index >= 15 is 0 Å². The van der Waals surface area contributed by atoms with Gasteiger partial charge in [0.05, 0.1) is 6.54 Å². The molecule has 0 saturated heterocycles.